The Morgan fingerprint density at radius 2 is 1.68 bits per heavy atom. The van der Waals surface area contributed by atoms with Crippen molar-refractivity contribution < 1.29 is 0 Å². The summed E-state index contributed by atoms with van der Waals surface area (Å²) < 4.78 is 0. The molecule has 4 heteroatoms. The van der Waals surface area contributed by atoms with E-state index in [1.807, 2.05) is 13.0 Å². The predicted molar refractivity (Wildman–Crippen MR) is 94.1 cm³/mol. The highest BCUT2D eigenvalue weighted by Crippen LogP contribution is 2.20. The molecule has 0 radical (unpaired) electrons. The zero-order chi connectivity index (χ0) is 16.1. The number of benzene rings is 1. The van der Waals surface area contributed by atoms with Crippen LogP contribution in [0.25, 0.3) is 0 Å². The van der Waals surface area contributed by atoms with E-state index < -0.39 is 0 Å². The van der Waals surface area contributed by atoms with Crippen molar-refractivity contribution in [3.8, 4) is 0 Å². The van der Waals surface area contributed by atoms with Crippen LogP contribution in [0.1, 0.15) is 36.6 Å². The first kappa shape index (κ1) is 16.3. The highest BCUT2D eigenvalue weighted by molar-refractivity contribution is 5.57. The molecule has 2 aromatic rings. The minimum Gasteiger partial charge on any atom is -0.360 e. The summed E-state index contributed by atoms with van der Waals surface area (Å²) in [6.07, 6.45) is 2.35. The molecule has 1 N–H and O–H groups in total. The third-order valence-corrected chi connectivity index (χ3v) is 3.56. The van der Waals surface area contributed by atoms with Crippen LogP contribution < -0.4 is 10.2 Å². The average Bonchev–Trinajstić information content (AvgIpc) is 2.42. The summed E-state index contributed by atoms with van der Waals surface area (Å²) in [7, 11) is 2.08. The number of rotatable bonds is 6. The van der Waals surface area contributed by atoms with E-state index in [1.165, 1.54) is 24.0 Å². The maximum absolute atomic E-state index is 4.64. The van der Waals surface area contributed by atoms with Crippen LogP contribution in [0.5, 0.6) is 0 Å². The molecular formula is C18H26N4. The van der Waals surface area contributed by atoms with Gasteiger partial charge in [-0.15, -0.1) is 0 Å². The van der Waals surface area contributed by atoms with E-state index in [9.17, 15) is 0 Å². The second-order valence-electron chi connectivity index (χ2n) is 5.97. The Morgan fingerprint density at radius 3 is 2.32 bits per heavy atom. The molecular weight excluding hydrogens is 272 g/mol. The van der Waals surface area contributed by atoms with E-state index in [0.717, 1.165) is 23.7 Å². The number of nitrogens with zero attached hydrogens (tertiary/aromatic N) is 3. The summed E-state index contributed by atoms with van der Waals surface area (Å²) in [5.41, 5.74) is 4.47. The van der Waals surface area contributed by atoms with E-state index in [-0.39, 0.29) is 0 Å². The Balaban J connectivity index is 2.22. The third-order valence-electron chi connectivity index (χ3n) is 3.56. The van der Waals surface area contributed by atoms with Crippen LogP contribution in [-0.2, 0) is 0 Å². The van der Waals surface area contributed by atoms with Gasteiger partial charge in [0, 0.05) is 31.0 Å². The highest BCUT2D eigenvalue weighted by Gasteiger charge is 2.07. The van der Waals surface area contributed by atoms with E-state index in [0.29, 0.717) is 5.95 Å². The molecule has 0 saturated carbocycles. The first-order chi connectivity index (χ1) is 10.5. The van der Waals surface area contributed by atoms with Crippen molar-refractivity contribution in [2.75, 3.05) is 23.8 Å². The first-order valence-electron chi connectivity index (χ1n) is 7.90. The molecule has 0 fully saturated rings. The largest absolute Gasteiger partial charge is 0.360 e. The summed E-state index contributed by atoms with van der Waals surface area (Å²) in [6, 6.07) is 8.41. The summed E-state index contributed by atoms with van der Waals surface area (Å²) in [4.78, 5) is 11.3. The maximum Gasteiger partial charge on any atom is 0.229 e. The van der Waals surface area contributed by atoms with Crippen molar-refractivity contribution in [1.29, 1.82) is 0 Å². The number of aryl methyl sites for hydroxylation is 3. The van der Waals surface area contributed by atoms with Crippen LogP contribution in [0.3, 0.4) is 0 Å². The molecule has 0 saturated heterocycles. The lowest BCUT2D eigenvalue weighted by Crippen LogP contribution is -2.20. The van der Waals surface area contributed by atoms with Gasteiger partial charge in [-0.2, -0.15) is 4.98 Å². The quantitative estimate of drug-likeness (QED) is 0.859. The molecule has 1 aromatic heterocycles. The zero-order valence-corrected chi connectivity index (χ0v) is 14.3. The molecule has 2 rings (SSSR count). The van der Waals surface area contributed by atoms with Crippen LogP contribution in [0.2, 0.25) is 0 Å². The van der Waals surface area contributed by atoms with Gasteiger partial charge in [-0.05, 0) is 50.5 Å². The molecule has 0 aliphatic carbocycles. The van der Waals surface area contributed by atoms with Crippen molar-refractivity contribution in [2.45, 2.75) is 40.5 Å². The molecule has 1 heterocycles. The number of nitrogens with one attached hydrogen (secondary N) is 1. The Kier molecular flexibility index (Phi) is 5.36. The summed E-state index contributed by atoms with van der Waals surface area (Å²) >= 11 is 0. The second kappa shape index (κ2) is 7.25. The Bertz CT molecular complexity index is 617. The minimum atomic E-state index is 0.656. The van der Waals surface area contributed by atoms with E-state index in [2.05, 4.69) is 66.2 Å². The van der Waals surface area contributed by atoms with Gasteiger partial charge in [-0.1, -0.05) is 19.4 Å². The highest BCUT2D eigenvalue weighted by atomic mass is 15.2. The third kappa shape index (κ3) is 4.45. The summed E-state index contributed by atoms with van der Waals surface area (Å²) in [5.74, 6) is 1.62. The Hall–Kier alpha value is -2.10. The SMILES string of the molecule is CCCCN(C)c1cc(C)nc(Nc2cc(C)cc(C)c2)n1. The molecule has 0 bridgehead atoms. The van der Waals surface area contributed by atoms with Crippen molar-refractivity contribution in [3.63, 3.8) is 0 Å². The molecule has 0 spiro atoms. The molecule has 1 aromatic carbocycles. The Labute approximate surface area is 133 Å². The van der Waals surface area contributed by atoms with Crippen molar-refractivity contribution in [2.24, 2.45) is 0 Å². The number of aromatic nitrogens is 2. The fraction of sp³-hybridized carbons (Fsp3) is 0.444. The fourth-order valence-electron chi connectivity index (χ4n) is 2.49. The standard InChI is InChI=1S/C18H26N4/c1-6-7-8-22(5)17-12-15(4)19-18(21-17)20-16-10-13(2)9-14(3)11-16/h9-12H,6-8H2,1-5H3,(H,19,20,21). The minimum absolute atomic E-state index is 0.656. The van der Waals surface area contributed by atoms with Crippen molar-refractivity contribution in [3.05, 3.63) is 41.1 Å². The van der Waals surface area contributed by atoms with Crippen LogP contribution in [0.4, 0.5) is 17.5 Å². The van der Waals surface area contributed by atoms with Crippen LogP contribution in [-0.4, -0.2) is 23.6 Å². The smallest absolute Gasteiger partial charge is 0.229 e. The number of unbranched alkanes of at least 4 members (excludes halogenated alkanes) is 1. The first-order valence-corrected chi connectivity index (χ1v) is 7.90. The van der Waals surface area contributed by atoms with Crippen LogP contribution in [0.15, 0.2) is 24.3 Å². The second-order valence-corrected chi connectivity index (χ2v) is 5.97. The van der Waals surface area contributed by atoms with Gasteiger partial charge in [0.25, 0.3) is 0 Å². The monoisotopic (exact) mass is 298 g/mol. The lowest BCUT2D eigenvalue weighted by molar-refractivity contribution is 0.758. The normalized spacial score (nSPS) is 10.6. The molecule has 0 amide bonds. The summed E-state index contributed by atoms with van der Waals surface area (Å²) in [6.45, 7) is 9.41. The number of hydrogen-bond acceptors (Lipinski definition) is 4. The Morgan fingerprint density at radius 1 is 1.00 bits per heavy atom. The molecule has 0 aliphatic rings. The average molecular weight is 298 g/mol. The molecule has 0 aliphatic heterocycles. The lowest BCUT2D eigenvalue weighted by atomic mass is 10.1. The van der Waals surface area contributed by atoms with Gasteiger partial charge in [-0.25, -0.2) is 4.98 Å². The van der Waals surface area contributed by atoms with Crippen LogP contribution >= 0.6 is 0 Å². The number of hydrogen-bond donors (Lipinski definition) is 1. The predicted octanol–water partition coefficient (Wildman–Crippen LogP) is 4.38. The molecule has 0 atom stereocenters. The zero-order valence-electron chi connectivity index (χ0n) is 14.3. The van der Waals surface area contributed by atoms with E-state index >= 15 is 0 Å². The van der Waals surface area contributed by atoms with Gasteiger partial charge in [0.15, 0.2) is 0 Å². The summed E-state index contributed by atoms with van der Waals surface area (Å²) in [5, 5.41) is 3.33. The lowest BCUT2D eigenvalue weighted by Gasteiger charge is -2.19. The molecule has 0 unspecified atom stereocenters. The number of anilines is 3. The fourth-order valence-corrected chi connectivity index (χ4v) is 2.49. The topological polar surface area (TPSA) is 41.1 Å². The van der Waals surface area contributed by atoms with Gasteiger partial charge in [0.2, 0.25) is 5.95 Å². The molecule has 118 valence electrons. The van der Waals surface area contributed by atoms with Gasteiger partial charge >= 0.3 is 0 Å². The van der Waals surface area contributed by atoms with Gasteiger partial charge in [-0.3, -0.25) is 0 Å². The van der Waals surface area contributed by atoms with Gasteiger partial charge < -0.3 is 10.2 Å². The van der Waals surface area contributed by atoms with Gasteiger partial charge in [0.1, 0.15) is 5.82 Å². The van der Waals surface area contributed by atoms with Crippen LogP contribution in [0, 0.1) is 20.8 Å². The maximum atomic E-state index is 4.64. The van der Waals surface area contributed by atoms with E-state index in [1.54, 1.807) is 0 Å². The molecule has 4 nitrogen and oxygen atoms in total. The van der Waals surface area contributed by atoms with E-state index in [4.69, 9.17) is 0 Å². The molecule has 22 heavy (non-hydrogen) atoms. The van der Waals surface area contributed by atoms with Crippen molar-refractivity contribution in [1.82, 2.24) is 9.97 Å². The van der Waals surface area contributed by atoms with Gasteiger partial charge in [0.05, 0.1) is 0 Å². The van der Waals surface area contributed by atoms with Crippen molar-refractivity contribution >= 4 is 17.5 Å².